The summed E-state index contributed by atoms with van der Waals surface area (Å²) in [5.74, 6) is -1.31. The molecule has 37 heavy (non-hydrogen) atoms. The van der Waals surface area contributed by atoms with Crippen LogP contribution in [-0.2, 0) is 21.5 Å². The van der Waals surface area contributed by atoms with E-state index in [4.69, 9.17) is 27.9 Å². The lowest BCUT2D eigenvalue weighted by Gasteiger charge is -2.40. The Morgan fingerprint density at radius 2 is 1.81 bits per heavy atom. The van der Waals surface area contributed by atoms with Crippen LogP contribution in [0.25, 0.3) is 5.69 Å². The van der Waals surface area contributed by atoms with Crippen LogP contribution in [0.1, 0.15) is 29.7 Å². The number of hydrogen-bond acceptors (Lipinski definition) is 5. The number of ether oxygens (including phenoxy) is 1. The van der Waals surface area contributed by atoms with Crippen molar-refractivity contribution in [2.24, 2.45) is 0 Å². The van der Waals surface area contributed by atoms with Crippen LogP contribution >= 0.6 is 33.4 Å². The quantitative estimate of drug-likeness (QED) is 0.228. The highest BCUT2D eigenvalue weighted by Gasteiger charge is 2.65. The van der Waals surface area contributed by atoms with E-state index in [1.54, 1.807) is 6.07 Å². The topological polar surface area (TPSA) is 79.9 Å². The van der Waals surface area contributed by atoms with Gasteiger partial charge in [0.05, 0.1) is 28.1 Å². The molecule has 1 aliphatic rings. The van der Waals surface area contributed by atoms with Gasteiger partial charge in [0.2, 0.25) is 0 Å². The second kappa shape index (κ2) is 8.21. The first kappa shape index (κ1) is 27.0. The number of methoxy groups -OCH3 is 1. The number of carbonyl (C=O) groups is 1. The van der Waals surface area contributed by atoms with Crippen LogP contribution in [0.3, 0.4) is 0 Å². The van der Waals surface area contributed by atoms with Crippen molar-refractivity contribution >= 4 is 45.2 Å². The van der Waals surface area contributed by atoms with E-state index in [1.165, 1.54) is 18.2 Å². The second-order valence-electron chi connectivity index (χ2n) is 8.36. The van der Waals surface area contributed by atoms with E-state index in [2.05, 4.69) is 10.4 Å². The zero-order chi connectivity index (χ0) is 27.5. The maximum absolute atomic E-state index is 13.7. The van der Waals surface area contributed by atoms with E-state index >= 15 is 0 Å². The van der Waals surface area contributed by atoms with Crippen LogP contribution in [0, 0.1) is 17.1 Å². The molecule has 1 aromatic heterocycles. The van der Waals surface area contributed by atoms with E-state index in [0.29, 0.717) is 5.56 Å². The van der Waals surface area contributed by atoms with Crippen molar-refractivity contribution < 1.29 is 33.4 Å². The molecule has 0 bridgehead atoms. The number of esters is 1. The van der Waals surface area contributed by atoms with Gasteiger partial charge in [-0.15, -0.1) is 0 Å². The SMILES string of the molecule is COC(=O)C1(c2c(C#N)nn(-c3c(Cl)cc(S(F)(F)(F)(F)F)cc3Cl)c2NCc2cccc(F)c2)CC1. The molecule has 0 spiro atoms. The molecule has 2 aromatic carbocycles. The smallest absolute Gasteiger partial charge is 0.316 e. The molecule has 15 heteroatoms. The maximum atomic E-state index is 13.7. The van der Waals surface area contributed by atoms with Gasteiger partial charge in [0, 0.05) is 6.54 Å². The molecule has 198 valence electrons. The lowest BCUT2D eigenvalue weighted by atomic mass is 9.95. The molecule has 0 saturated heterocycles. The molecule has 1 heterocycles. The molecule has 1 saturated carbocycles. The highest BCUT2D eigenvalue weighted by molar-refractivity contribution is 8.45. The largest absolute Gasteiger partial charge is 0.468 e. The fraction of sp³-hybridized carbons (Fsp3) is 0.227. The molecule has 1 aliphatic carbocycles. The lowest BCUT2D eigenvalue weighted by Crippen LogP contribution is -2.24. The summed E-state index contributed by atoms with van der Waals surface area (Å²) in [5.41, 5.74) is -1.56. The third-order valence-electron chi connectivity index (χ3n) is 5.79. The van der Waals surface area contributed by atoms with Crippen LogP contribution in [-0.4, -0.2) is 22.9 Å². The first-order valence-corrected chi connectivity index (χ1v) is 13.1. The molecule has 6 nitrogen and oxygen atoms in total. The van der Waals surface area contributed by atoms with Crippen LogP contribution < -0.4 is 5.32 Å². The molecular formula is C22H16Cl2F6N4O2S. The molecule has 0 aliphatic heterocycles. The van der Waals surface area contributed by atoms with Crippen LogP contribution in [0.2, 0.25) is 10.0 Å². The summed E-state index contributed by atoms with van der Waals surface area (Å²) in [6.07, 6.45) is 0.526. The number of hydrogen-bond donors (Lipinski definition) is 1. The molecule has 0 unspecified atom stereocenters. The van der Waals surface area contributed by atoms with E-state index in [9.17, 15) is 33.9 Å². The number of nitrogens with zero attached hydrogens (tertiary/aromatic N) is 3. The number of anilines is 1. The van der Waals surface area contributed by atoms with Gasteiger partial charge >= 0.3 is 16.2 Å². The average Bonchev–Trinajstić information content (AvgIpc) is 3.51. The highest BCUT2D eigenvalue weighted by atomic mass is 35.5. The fourth-order valence-corrected chi connectivity index (χ4v) is 5.41. The van der Waals surface area contributed by atoms with Gasteiger partial charge in [-0.05, 0) is 42.7 Å². The van der Waals surface area contributed by atoms with Gasteiger partial charge in [-0.3, -0.25) is 4.79 Å². The van der Waals surface area contributed by atoms with E-state index in [1.807, 2.05) is 6.07 Å². The van der Waals surface area contributed by atoms with Crippen molar-refractivity contribution in [3.63, 3.8) is 0 Å². The maximum Gasteiger partial charge on any atom is 0.316 e. The van der Waals surface area contributed by atoms with Crippen LogP contribution in [0.15, 0.2) is 41.3 Å². The lowest BCUT2D eigenvalue weighted by molar-refractivity contribution is -0.143. The van der Waals surface area contributed by atoms with Crippen molar-refractivity contribution in [1.29, 1.82) is 5.26 Å². The second-order valence-corrected chi connectivity index (χ2v) is 11.6. The molecule has 1 N–H and O–H groups in total. The molecule has 1 fully saturated rings. The number of nitriles is 1. The summed E-state index contributed by atoms with van der Waals surface area (Å²) in [7, 11) is -8.99. The van der Waals surface area contributed by atoms with E-state index in [-0.39, 0.29) is 48.6 Å². The number of nitrogens with one attached hydrogen (secondary N) is 1. The Kier molecular flexibility index (Phi) is 5.98. The number of aromatic nitrogens is 2. The summed E-state index contributed by atoms with van der Waals surface area (Å²) in [6.45, 7) is -0.0860. The van der Waals surface area contributed by atoms with Gasteiger partial charge in [0.25, 0.3) is 0 Å². The molecular weight excluding hydrogens is 569 g/mol. The zero-order valence-corrected chi connectivity index (χ0v) is 21.0. The van der Waals surface area contributed by atoms with Crippen molar-refractivity contribution in [2.45, 2.75) is 29.7 Å². The first-order valence-electron chi connectivity index (χ1n) is 10.3. The summed E-state index contributed by atoms with van der Waals surface area (Å²) in [5, 5.41) is 15.1. The third kappa shape index (κ3) is 5.05. The third-order valence-corrected chi connectivity index (χ3v) is 7.50. The number of benzene rings is 2. The summed E-state index contributed by atoms with van der Waals surface area (Å²) >= 11 is 12.0. The van der Waals surface area contributed by atoms with Gasteiger partial charge in [-0.1, -0.05) is 54.8 Å². The molecule has 0 atom stereocenters. The molecule has 0 radical (unpaired) electrons. The van der Waals surface area contributed by atoms with Gasteiger partial charge < -0.3 is 10.1 Å². The van der Waals surface area contributed by atoms with Crippen LogP contribution in [0.4, 0.5) is 29.6 Å². The summed E-state index contributed by atoms with van der Waals surface area (Å²) in [6, 6.07) is 7.28. The van der Waals surface area contributed by atoms with Gasteiger partial charge in [-0.25, -0.2) is 9.07 Å². The Labute approximate surface area is 216 Å². The van der Waals surface area contributed by atoms with Crippen molar-refractivity contribution in [3.8, 4) is 11.8 Å². The normalized spacial score (nSPS) is 16.3. The zero-order valence-electron chi connectivity index (χ0n) is 18.7. The highest BCUT2D eigenvalue weighted by Crippen LogP contribution is 3.02. The van der Waals surface area contributed by atoms with Crippen molar-refractivity contribution in [3.05, 3.63) is 69.1 Å². The fourth-order valence-electron chi connectivity index (χ4n) is 3.95. The monoisotopic (exact) mass is 584 g/mol. The Hall–Kier alpha value is -3.08. The molecule has 0 amide bonds. The molecule has 4 rings (SSSR count). The Morgan fingerprint density at radius 3 is 2.30 bits per heavy atom. The van der Waals surface area contributed by atoms with Gasteiger partial charge in [0.1, 0.15) is 28.3 Å². The van der Waals surface area contributed by atoms with Crippen molar-refractivity contribution in [2.75, 3.05) is 12.4 Å². The van der Waals surface area contributed by atoms with Gasteiger partial charge in [0.15, 0.2) is 5.69 Å². The predicted molar refractivity (Wildman–Crippen MR) is 126 cm³/mol. The predicted octanol–water partition coefficient (Wildman–Crippen LogP) is 7.66. The average molecular weight is 585 g/mol. The Bertz CT molecular complexity index is 1460. The summed E-state index contributed by atoms with van der Waals surface area (Å²) in [4.78, 5) is 10.3. The van der Waals surface area contributed by atoms with Crippen LogP contribution in [0.5, 0.6) is 0 Å². The van der Waals surface area contributed by atoms with Gasteiger partial charge in [-0.2, -0.15) is 10.4 Å². The number of rotatable bonds is 7. The minimum absolute atomic E-state index is 0.0152. The minimum Gasteiger partial charge on any atom is -0.468 e. The van der Waals surface area contributed by atoms with E-state index < -0.39 is 48.1 Å². The number of carbonyl (C=O) groups excluding carboxylic acids is 1. The molecule has 3 aromatic rings. The van der Waals surface area contributed by atoms with E-state index in [0.717, 1.165) is 11.8 Å². The van der Waals surface area contributed by atoms with Crippen molar-refractivity contribution in [1.82, 2.24) is 9.78 Å². The minimum atomic E-state index is -10.1. The first-order chi connectivity index (χ1) is 17.0. The summed E-state index contributed by atoms with van der Waals surface area (Å²) < 4.78 is 86.4. The number of halogens is 8. The Balaban J connectivity index is 1.94. The Morgan fingerprint density at radius 1 is 1.19 bits per heavy atom. The standard InChI is InChI=1S/C22H16Cl2F6N4O2S/c1-36-21(35)22(5-6-22)18-17(10-31)33-34(20(18)32-11-12-3-2-4-13(25)7-12)19-15(23)8-14(9-16(19)24)37(26,27,28,29)30/h2-4,7-9,32H,5-6,11H2,1H3.